The standard InChI is InChI=1S/C10H20N2OS/c1-14-9-4-2-8(3-5-9)12-10(13)6-7-11/h8-9H,2-7,11H2,1H3,(H,12,13). The number of hydrogen-bond donors (Lipinski definition) is 2. The summed E-state index contributed by atoms with van der Waals surface area (Å²) in [5, 5.41) is 3.84. The van der Waals surface area contributed by atoms with Gasteiger partial charge in [0.05, 0.1) is 0 Å². The molecule has 0 atom stereocenters. The van der Waals surface area contributed by atoms with Crippen molar-refractivity contribution in [1.82, 2.24) is 5.32 Å². The second-order valence-corrected chi connectivity index (χ2v) is 4.95. The highest BCUT2D eigenvalue weighted by atomic mass is 32.2. The molecule has 0 radical (unpaired) electrons. The first-order valence-electron chi connectivity index (χ1n) is 5.28. The molecule has 3 N–H and O–H groups in total. The molecule has 0 saturated heterocycles. The molecular weight excluding hydrogens is 196 g/mol. The van der Waals surface area contributed by atoms with E-state index in [2.05, 4.69) is 11.6 Å². The highest BCUT2D eigenvalue weighted by Crippen LogP contribution is 2.26. The van der Waals surface area contributed by atoms with E-state index >= 15 is 0 Å². The van der Waals surface area contributed by atoms with Crippen molar-refractivity contribution in [3.63, 3.8) is 0 Å². The van der Waals surface area contributed by atoms with Gasteiger partial charge in [0.15, 0.2) is 0 Å². The van der Waals surface area contributed by atoms with Crippen molar-refractivity contribution in [1.29, 1.82) is 0 Å². The van der Waals surface area contributed by atoms with Crippen LogP contribution in [0.1, 0.15) is 32.1 Å². The number of rotatable bonds is 4. The number of hydrogen-bond acceptors (Lipinski definition) is 3. The summed E-state index contributed by atoms with van der Waals surface area (Å²) in [6.45, 7) is 0.450. The molecule has 1 amide bonds. The van der Waals surface area contributed by atoms with Gasteiger partial charge in [-0.1, -0.05) is 0 Å². The summed E-state index contributed by atoms with van der Waals surface area (Å²) >= 11 is 1.94. The lowest BCUT2D eigenvalue weighted by Gasteiger charge is -2.27. The fourth-order valence-electron chi connectivity index (χ4n) is 1.87. The Kier molecular flexibility index (Phi) is 5.33. The Hall–Kier alpha value is -0.220. The van der Waals surface area contributed by atoms with Gasteiger partial charge < -0.3 is 11.1 Å². The van der Waals surface area contributed by atoms with Crippen molar-refractivity contribution in [2.24, 2.45) is 5.73 Å². The van der Waals surface area contributed by atoms with Crippen LogP contribution in [0.5, 0.6) is 0 Å². The van der Waals surface area contributed by atoms with Crippen molar-refractivity contribution in [2.75, 3.05) is 12.8 Å². The molecule has 82 valence electrons. The molecule has 1 saturated carbocycles. The van der Waals surface area contributed by atoms with Gasteiger partial charge in [0.25, 0.3) is 0 Å². The first-order chi connectivity index (χ1) is 6.76. The summed E-state index contributed by atoms with van der Waals surface area (Å²) in [7, 11) is 0. The summed E-state index contributed by atoms with van der Waals surface area (Å²) in [5.74, 6) is 0.111. The van der Waals surface area contributed by atoms with Crippen LogP contribution in [0, 0.1) is 0 Å². The van der Waals surface area contributed by atoms with Crippen LogP contribution in [0.15, 0.2) is 0 Å². The van der Waals surface area contributed by atoms with Crippen LogP contribution in [0.2, 0.25) is 0 Å². The monoisotopic (exact) mass is 216 g/mol. The Bertz CT molecular complexity index is 179. The summed E-state index contributed by atoms with van der Waals surface area (Å²) < 4.78 is 0. The number of nitrogens with one attached hydrogen (secondary N) is 1. The molecule has 0 spiro atoms. The molecule has 0 aliphatic heterocycles. The molecule has 0 aromatic heterocycles. The van der Waals surface area contributed by atoms with Crippen molar-refractivity contribution in [3.8, 4) is 0 Å². The molecule has 0 unspecified atom stereocenters. The van der Waals surface area contributed by atoms with Crippen LogP contribution in [0.4, 0.5) is 0 Å². The molecule has 0 bridgehead atoms. The van der Waals surface area contributed by atoms with Crippen molar-refractivity contribution in [3.05, 3.63) is 0 Å². The van der Waals surface area contributed by atoms with E-state index < -0.39 is 0 Å². The van der Waals surface area contributed by atoms with Gasteiger partial charge in [-0.05, 0) is 31.9 Å². The van der Waals surface area contributed by atoms with Crippen LogP contribution in [0.25, 0.3) is 0 Å². The van der Waals surface area contributed by atoms with E-state index in [9.17, 15) is 4.79 Å². The van der Waals surface area contributed by atoms with Crippen molar-refractivity contribution in [2.45, 2.75) is 43.4 Å². The zero-order chi connectivity index (χ0) is 10.4. The first-order valence-corrected chi connectivity index (χ1v) is 6.57. The summed E-state index contributed by atoms with van der Waals surface area (Å²) in [4.78, 5) is 11.3. The minimum Gasteiger partial charge on any atom is -0.353 e. The molecular formula is C10H20N2OS. The van der Waals surface area contributed by atoms with Crippen LogP contribution >= 0.6 is 11.8 Å². The maximum Gasteiger partial charge on any atom is 0.221 e. The van der Waals surface area contributed by atoms with Gasteiger partial charge in [-0.3, -0.25) is 4.79 Å². The number of carbonyl (C=O) groups excluding carboxylic acids is 1. The first kappa shape index (κ1) is 11.9. The van der Waals surface area contributed by atoms with Crippen LogP contribution in [0.3, 0.4) is 0 Å². The Morgan fingerprint density at radius 2 is 2.07 bits per heavy atom. The van der Waals surface area contributed by atoms with Crippen molar-refractivity contribution >= 4 is 17.7 Å². The van der Waals surface area contributed by atoms with E-state index in [1.807, 2.05) is 11.8 Å². The van der Waals surface area contributed by atoms with Gasteiger partial charge in [0, 0.05) is 24.3 Å². The average molecular weight is 216 g/mol. The number of amides is 1. The Morgan fingerprint density at radius 3 is 2.57 bits per heavy atom. The van der Waals surface area contributed by atoms with Crippen molar-refractivity contribution < 1.29 is 4.79 Å². The van der Waals surface area contributed by atoms with Gasteiger partial charge in [0.1, 0.15) is 0 Å². The maximum atomic E-state index is 11.3. The lowest BCUT2D eigenvalue weighted by atomic mass is 9.95. The molecule has 1 fully saturated rings. The second-order valence-electron chi connectivity index (χ2n) is 3.82. The molecule has 0 heterocycles. The van der Waals surface area contributed by atoms with Gasteiger partial charge in [-0.2, -0.15) is 11.8 Å². The van der Waals surface area contributed by atoms with Crippen LogP contribution in [-0.4, -0.2) is 30.0 Å². The number of carbonyl (C=O) groups is 1. The molecule has 3 nitrogen and oxygen atoms in total. The van der Waals surface area contributed by atoms with E-state index in [4.69, 9.17) is 5.73 Å². The SMILES string of the molecule is CSC1CCC(NC(=O)CCN)CC1. The van der Waals surface area contributed by atoms with Crippen LogP contribution in [-0.2, 0) is 4.79 Å². The molecule has 4 heteroatoms. The van der Waals surface area contributed by atoms with E-state index in [0.717, 1.165) is 18.1 Å². The fraction of sp³-hybridized carbons (Fsp3) is 0.900. The number of thioether (sulfide) groups is 1. The molecule has 1 rings (SSSR count). The highest BCUT2D eigenvalue weighted by Gasteiger charge is 2.21. The quantitative estimate of drug-likeness (QED) is 0.740. The second kappa shape index (κ2) is 6.30. The lowest BCUT2D eigenvalue weighted by Crippen LogP contribution is -2.38. The fourth-order valence-corrected chi connectivity index (χ4v) is 2.62. The third-order valence-corrected chi connectivity index (χ3v) is 3.88. The predicted octanol–water partition coefficient (Wildman–Crippen LogP) is 1.13. The largest absolute Gasteiger partial charge is 0.353 e. The van der Waals surface area contributed by atoms with Crippen LogP contribution < -0.4 is 11.1 Å². The van der Waals surface area contributed by atoms with E-state index in [1.54, 1.807) is 0 Å². The summed E-state index contributed by atoms with van der Waals surface area (Å²) in [6, 6.07) is 0.400. The predicted molar refractivity (Wildman–Crippen MR) is 61.4 cm³/mol. The zero-order valence-corrected chi connectivity index (χ0v) is 9.61. The highest BCUT2D eigenvalue weighted by molar-refractivity contribution is 7.99. The minimum atomic E-state index is 0.111. The minimum absolute atomic E-state index is 0.111. The third kappa shape index (κ3) is 3.88. The zero-order valence-electron chi connectivity index (χ0n) is 8.79. The lowest BCUT2D eigenvalue weighted by molar-refractivity contribution is -0.121. The Labute approximate surface area is 90.2 Å². The topological polar surface area (TPSA) is 55.1 Å². The van der Waals surface area contributed by atoms with E-state index in [0.29, 0.717) is 19.0 Å². The van der Waals surface area contributed by atoms with E-state index in [1.165, 1.54) is 12.8 Å². The Morgan fingerprint density at radius 1 is 1.43 bits per heavy atom. The average Bonchev–Trinajstić information content (AvgIpc) is 2.19. The van der Waals surface area contributed by atoms with E-state index in [-0.39, 0.29) is 5.91 Å². The smallest absolute Gasteiger partial charge is 0.221 e. The maximum absolute atomic E-state index is 11.3. The summed E-state index contributed by atoms with van der Waals surface area (Å²) in [5.41, 5.74) is 5.31. The normalized spacial score (nSPS) is 27.3. The third-order valence-electron chi connectivity index (χ3n) is 2.74. The molecule has 0 aromatic carbocycles. The van der Waals surface area contributed by atoms with Gasteiger partial charge in [-0.25, -0.2) is 0 Å². The van der Waals surface area contributed by atoms with Gasteiger partial charge in [-0.15, -0.1) is 0 Å². The van der Waals surface area contributed by atoms with Gasteiger partial charge >= 0.3 is 0 Å². The Balaban J connectivity index is 2.18. The summed E-state index contributed by atoms with van der Waals surface area (Å²) in [6.07, 6.45) is 7.34. The molecule has 1 aliphatic rings. The molecule has 14 heavy (non-hydrogen) atoms. The van der Waals surface area contributed by atoms with Gasteiger partial charge in [0.2, 0.25) is 5.91 Å². The number of nitrogens with two attached hydrogens (primary N) is 1. The molecule has 0 aromatic rings. The molecule has 1 aliphatic carbocycles.